The SMILES string of the molecule is C[C@H]1OC(c2ccc(OCCCO)cc2)=N[C@@]1(C/C=C/c1ccccc1)C(=O)NCCc1ccc(OCc2ccccc2)c(OCc2ccccc2)c1. The number of carbonyl (C=O) groups is 1. The van der Waals surface area contributed by atoms with Gasteiger partial charge in [-0.3, -0.25) is 4.79 Å². The summed E-state index contributed by atoms with van der Waals surface area (Å²) in [4.78, 5) is 19.1. The summed E-state index contributed by atoms with van der Waals surface area (Å²) in [6.07, 6.45) is 4.96. The number of ether oxygens (including phenoxy) is 4. The topological polar surface area (TPSA) is 98.6 Å². The van der Waals surface area contributed by atoms with Crippen LogP contribution in [-0.4, -0.2) is 48.3 Å². The van der Waals surface area contributed by atoms with Crippen molar-refractivity contribution in [2.24, 2.45) is 4.99 Å². The molecule has 5 aromatic rings. The van der Waals surface area contributed by atoms with Gasteiger partial charge in [-0.2, -0.15) is 0 Å². The summed E-state index contributed by atoms with van der Waals surface area (Å²) in [5.41, 5.74) is 3.75. The van der Waals surface area contributed by atoms with Crippen LogP contribution < -0.4 is 19.5 Å². The van der Waals surface area contributed by atoms with E-state index in [0.29, 0.717) is 68.8 Å². The Morgan fingerprint density at radius 1 is 0.792 bits per heavy atom. The van der Waals surface area contributed by atoms with Crippen LogP contribution in [0.2, 0.25) is 0 Å². The summed E-state index contributed by atoms with van der Waals surface area (Å²) < 4.78 is 24.5. The van der Waals surface area contributed by atoms with Crippen LogP contribution in [0.5, 0.6) is 17.2 Å². The Kier molecular flexibility index (Phi) is 12.9. The number of aliphatic imine (C=N–C) groups is 1. The lowest BCUT2D eigenvalue weighted by atomic mass is 9.89. The first-order valence-electron chi connectivity index (χ1n) is 18.1. The first kappa shape index (κ1) is 36.9. The smallest absolute Gasteiger partial charge is 0.252 e. The summed E-state index contributed by atoms with van der Waals surface area (Å²) in [6.45, 7) is 3.61. The Balaban J connectivity index is 1.17. The Hall–Kier alpha value is -5.86. The number of nitrogens with one attached hydrogen (secondary N) is 1. The molecular formula is C45H46N2O6. The molecule has 0 fully saturated rings. The van der Waals surface area contributed by atoms with Gasteiger partial charge in [-0.25, -0.2) is 4.99 Å². The summed E-state index contributed by atoms with van der Waals surface area (Å²) in [6, 6.07) is 43.4. The van der Waals surface area contributed by atoms with Crippen LogP contribution in [0.4, 0.5) is 0 Å². The number of amides is 1. The largest absolute Gasteiger partial charge is 0.494 e. The third kappa shape index (κ3) is 10.1. The molecule has 2 atom stereocenters. The van der Waals surface area contributed by atoms with E-state index in [1.165, 1.54) is 0 Å². The number of aliphatic hydroxyl groups excluding tert-OH is 1. The van der Waals surface area contributed by atoms with Crippen molar-refractivity contribution in [1.29, 1.82) is 0 Å². The maximum Gasteiger partial charge on any atom is 0.252 e. The molecular weight excluding hydrogens is 665 g/mol. The van der Waals surface area contributed by atoms with Crippen molar-refractivity contribution in [2.75, 3.05) is 19.8 Å². The van der Waals surface area contributed by atoms with Gasteiger partial charge in [0.25, 0.3) is 5.91 Å². The predicted molar refractivity (Wildman–Crippen MR) is 208 cm³/mol. The van der Waals surface area contributed by atoms with Gasteiger partial charge in [0.05, 0.1) is 6.61 Å². The molecule has 1 aliphatic rings. The molecule has 0 bridgehead atoms. The van der Waals surface area contributed by atoms with E-state index >= 15 is 0 Å². The van der Waals surface area contributed by atoms with Crippen LogP contribution in [0.25, 0.3) is 6.08 Å². The molecule has 0 aromatic heterocycles. The number of benzene rings is 5. The van der Waals surface area contributed by atoms with E-state index in [0.717, 1.165) is 27.8 Å². The third-order valence-electron chi connectivity index (χ3n) is 9.05. The minimum absolute atomic E-state index is 0.0735. The van der Waals surface area contributed by atoms with E-state index in [1.807, 2.05) is 153 Å². The fraction of sp³-hybridized carbons (Fsp3) is 0.244. The van der Waals surface area contributed by atoms with Crippen molar-refractivity contribution < 1.29 is 28.8 Å². The fourth-order valence-electron chi connectivity index (χ4n) is 6.01. The number of aliphatic hydroxyl groups is 1. The number of nitrogens with zero attached hydrogens (tertiary/aromatic N) is 1. The molecule has 0 aliphatic carbocycles. The lowest BCUT2D eigenvalue weighted by Gasteiger charge is -2.27. The zero-order valence-corrected chi connectivity index (χ0v) is 30.0. The average molecular weight is 711 g/mol. The standard InChI is InChI=1S/C45H46N2O6/c1-34-45(27-11-19-35-13-5-2-6-14-35,47-43(53-34)39-21-23-40(24-22-39)50-30-12-29-48)44(49)46-28-26-36-20-25-41(51-32-37-15-7-3-8-16-37)42(31-36)52-33-38-17-9-4-10-18-38/h2-11,13-25,31,34,48H,12,26-30,32-33H2,1H3,(H,46,49)/b19-11+/t34-,45-/m1/s1. The highest BCUT2D eigenvalue weighted by molar-refractivity contribution is 6.00. The lowest BCUT2D eigenvalue weighted by molar-refractivity contribution is -0.128. The predicted octanol–water partition coefficient (Wildman–Crippen LogP) is 7.97. The number of hydrogen-bond acceptors (Lipinski definition) is 7. The van der Waals surface area contributed by atoms with Gasteiger partial charge in [0.1, 0.15) is 25.1 Å². The highest BCUT2D eigenvalue weighted by atomic mass is 16.5. The summed E-state index contributed by atoms with van der Waals surface area (Å²) in [7, 11) is 0. The van der Waals surface area contributed by atoms with Crippen LogP contribution in [-0.2, 0) is 29.2 Å². The van der Waals surface area contributed by atoms with Crippen molar-refractivity contribution in [3.8, 4) is 17.2 Å². The minimum atomic E-state index is -1.17. The van der Waals surface area contributed by atoms with Gasteiger partial charge < -0.3 is 29.4 Å². The van der Waals surface area contributed by atoms with Crippen LogP contribution in [0.1, 0.15) is 47.6 Å². The second kappa shape index (κ2) is 18.6. The van der Waals surface area contributed by atoms with E-state index < -0.39 is 11.6 Å². The van der Waals surface area contributed by atoms with Crippen LogP contribution in [0.15, 0.2) is 145 Å². The van der Waals surface area contributed by atoms with Gasteiger partial charge in [-0.15, -0.1) is 0 Å². The van der Waals surface area contributed by atoms with Crippen LogP contribution >= 0.6 is 0 Å². The molecule has 0 saturated heterocycles. The molecule has 8 heteroatoms. The van der Waals surface area contributed by atoms with Crippen LogP contribution in [0.3, 0.4) is 0 Å². The van der Waals surface area contributed by atoms with Gasteiger partial charge in [-0.1, -0.05) is 109 Å². The van der Waals surface area contributed by atoms with E-state index in [2.05, 4.69) is 5.32 Å². The second-order valence-corrected chi connectivity index (χ2v) is 12.9. The maximum atomic E-state index is 14.2. The molecule has 8 nitrogen and oxygen atoms in total. The molecule has 53 heavy (non-hydrogen) atoms. The number of rotatable bonds is 18. The first-order chi connectivity index (χ1) is 26.0. The van der Waals surface area contributed by atoms with Gasteiger partial charge >= 0.3 is 0 Å². The molecule has 0 saturated carbocycles. The van der Waals surface area contributed by atoms with Gasteiger partial charge in [0.15, 0.2) is 17.0 Å². The fourth-order valence-corrected chi connectivity index (χ4v) is 6.01. The molecule has 0 spiro atoms. The normalized spacial score (nSPS) is 16.5. The third-order valence-corrected chi connectivity index (χ3v) is 9.05. The van der Waals surface area contributed by atoms with E-state index in [-0.39, 0.29) is 12.5 Å². The molecule has 5 aromatic carbocycles. The highest BCUT2D eigenvalue weighted by Gasteiger charge is 2.49. The quantitative estimate of drug-likeness (QED) is 0.0896. The summed E-state index contributed by atoms with van der Waals surface area (Å²) >= 11 is 0. The Morgan fingerprint density at radius 3 is 2.09 bits per heavy atom. The zero-order valence-electron chi connectivity index (χ0n) is 30.0. The Morgan fingerprint density at radius 2 is 1.43 bits per heavy atom. The van der Waals surface area contributed by atoms with Crippen molar-refractivity contribution in [3.63, 3.8) is 0 Å². The lowest BCUT2D eigenvalue weighted by Crippen LogP contribution is -2.51. The number of hydrogen-bond donors (Lipinski definition) is 2. The van der Waals surface area contributed by atoms with Crippen LogP contribution in [0, 0.1) is 0 Å². The molecule has 0 unspecified atom stereocenters. The highest BCUT2D eigenvalue weighted by Crippen LogP contribution is 2.34. The molecule has 1 heterocycles. The first-order valence-corrected chi connectivity index (χ1v) is 18.1. The molecule has 1 amide bonds. The molecule has 272 valence electrons. The zero-order chi connectivity index (χ0) is 36.7. The molecule has 1 aliphatic heterocycles. The van der Waals surface area contributed by atoms with Gasteiger partial charge in [0.2, 0.25) is 5.90 Å². The van der Waals surface area contributed by atoms with Gasteiger partial charge in [-0.05, 0) is 72.0 Å². The summed E-state index contributed by atoms with van der Waals surface area (Å²) in [5, 5.41) is 12.2. The summed E-state index contributed by atoms with van der Waals surface area (Å²) in [5.74, 6) is 2.20. The second-order valence-electron chi connectivity index (χ2n) is 12.9. The van der Waals surface area contributed by atoms with Crippen molar-refractivity contribution in [3.05, 3.63) is 167 Å². The maximum absolute atomic E-state index is 14.2. The number of carbonyl (C=O) groups excluding carboxylic acids is 1. The van der Waals surface area contributed by atoms with E-state index in [9.17, 15) is 4.79 Å². The van der Waals surface area contributed by atoms with E-state index in [4.69, 9.17) is 29.0 Å². The van der Waals surface area contributed by atoms with Gasteiger partial charge in [0, 0.05) is 31.6 Å². The monoisotopic (exact) mass is 710 g/mol. The average Bonchev–Trinajstić information content (AvgIpc) is 3.54. The minimum Gasteiger partial charge on any atom is -0.494 e. The molecule has 2 N–H and O–H groups in total. The molecule has 6 rings (SSSR count). The van der Waals surface area contributed by atoms with Crippen molar-refractivity contribution in [2.45, 2.75) is 51.0 Å². The van der Waals surface area contributed by atoms with E-state index in [1.54, 1.807) is 0 Å². The van der Waals surface area contributed by atoms with Crippen molar-refractivity contribution >= 4 is 17.9 Å². The Labute approximate surface area is 311 Å². The molecule has 0 radical (unpaired) electrons. The Bertz CT molecular complexity index is 1950. The van der Waals surface area contributed by atoms with Crippen molar-refractivity contribution in [1.82, 2.24) is 5.32 Å².